The first-order chi connectivity index (χ1) is 18.6. The van der Waals surface area contributed by atoms with Gasteiger partial charge in [-0.3, -0.25) is 4.79 Å². The number of anilines is 1. The van der Waals surface area contributed by atoms with Crippen LogP contribution in [0.1, 0.15) is 44.4 Å². The number of hydrogen-bond donors (Lipinski definition) is 3. The molecule has 0 unspecified atom stereocenters. The Labute approximate surface area is 235 Å². The molecule has 4 N–H and O–H groups in total. The van der Waals surface area contributed by atoms with Crippen molar-refractivity contribution < 1.29 is 14.6 Å². The maximum atomic E-state index is 12.7. The Bertz CT molecular complexity index is 1280. The minimum Gasteiger partial charge on any atom is -0.491 e. The van der Waals surface area contributed by atoms with E-state index >= 15 is 0 Å². The smallest absolute Gasteiger partial charge is 0.163 e. The van der Waals surface area contributed by atoms with Crippen molar-refractivity contribution in [2.45, 2.75) is 52.2 Å². The molecule has 0 bridgehead atoms. The van der Waals surface area contributed by atoms with Crippen LogP contribution in [0.4, 0.5) is 5.82 Å². The van der Waals surface area contributed by atoms with E-state index in [1.807, 2.05) is 6.92 Å². The molecule has 0 radical (unpaired) electrons. The first kappa shape index (κ1) is 27.8. The molecule has 1 aliphatic carbocycles. The van der Waals surface area contributed by atoms with Crippen LogP contribution in [0.2, 0.25) is 5.02 Å². The summed E-state index contributed by atoms with van der Waals surface area (Å²) in [4.78, 5) is 27.4. The number of nitrogens with zero attached hydrogens (tertiary/aromatic N) is 4. The van der Waals surface area contributed by atoms with Crippen molar-refractivity contribution in [3.05, 3.63) is 40.2 Å². The number of ether oxygens (including phenoxy) is 1. The maximum absolute atomic E-state index is 12.7. The van der Waals surface area contributed by atoms with E-state index in [1.165, 1.54) is 39.3 Å². The van der Waals surface area contributed by atoms with Crippen LogP contribution >= 0.6 is 11.6 Å². The largest absolute Gasteiger partial charge is 0.491 e. The van der Waals surface area contributed by atoms with E-state index in [4.69, 9.17) is 32.0 Å². The van der Waals surface area contributed by atoms with Gasteiger partial charge < -0.3 is 30.7 Å². The van der Waals surface area contributed by atoms with Crippen LogP contribution in [0.15, 0.2) is 23.9 Å². The number of Topliss-reactive ketones (excluding diaryl/α,β-unsaturated/α-hetero) is 1. The van der Waals surface area contributed by atoms with Crippen LogP contribution in [0.25, 0.3) is 17.0 Å². The number of likely N-dealkylation sites (N-methyl/N-ethyl adjacent to an activating group) is 1. The van der Waals surface area contributed by atoms with Gasteiger partial charge in [-0.2, -0.15) is 0 Å². The number of rotatable bonds is 10. The van der Waals surface area contributed by atoms with Gasteiger partial charge in [-0.1, -0.05) is 11.6 Å². The van der Waals surface area contributed by atoms with Crippen LogP contribution in [-0.4, -0.2) is 84.3 Å². The van der Waals surface area contributed by atoms with E-state index in [0.29, 0.717) is 51.1 Å². The lowest BCUT2D eigenvalue weighted by Gasteiger charge is -2.62. The van der Waals surface area contributed by atoms with Gasteiger partial charge in [0, 0.05) is 47.9 Å². The van der Waals surface area contributed by atoms with Crippen LogP contribution in [0, 0.1) is 12.3 Å². The predicted molar refractivity (Wildman–Crippen MR) is 154 cm³/mol. The third kappa shape index (κ3) is 5.50. The number of hydrogen-bond acceptors (Lipinski definition) is 9. The molecule has 2 aromatic rings. The zero-order valence-electron chi connectivity index (χ0n) is 23.3. The first-order valence-corrected chi connectivity index (χ1v) is 14.1. The number of allylic oxidation sites excluding steroid dienone is 2. The van der Waals surface area contributed by atoms with E-state index in [1.54, 1.807) is 32.2 Å². The summed E-state index contributed by atoms with van der Waals surface area (Å²) in [6.07, 6.45) is 3.14. The fraction of sp³-hybridized carbons (Fsp3) is 0.552. The molecule has 10 heteroatoms. The van der Waals surface area contributed by atoms with Crippen LogP contribution < -0.4 is 20.7 Å². The number of nitrogens with two attached hydrogens (primary N) is 1. The lowest BCUT2D eigenvalue weighted by atomic mass is 9.60. The fourth-order valence-electron chi connectivity index (χ4n) is 6.14. The highest BCUT2D eigenvalue weighted by Gasteiger charge is 2.54. The van der Waals surface area contributed by atoms with Gasteiger partial charge >= 0.3 is 0 Å². The molecule has 210 valence electrons. The molecule has 1 saturated carbocycles. The third-order valence-electron chi connectivity index (χ3n) is 8.26. The van der Waals surface area contributed by atoms with Crippen molar-refractivity contribution >= 4 is 28.8 Å². The molecule has 3 fully saturated rings. The van der Waals surface area contributed by atoms with Crippen LogP contribution in [-0.2, 0) is 4.79 Å². The Morgan fingerprint density at radius 1 is 1.28 bits per heavy atom. The van der Waals surface area contributed by atoms with E-state index < -0.39 is 6.10 Å². The van der Waals surface area contributed by atoms with Crippen molar-refractivity contribution in [1.29, 1.82) is 0 Å². The van der Waals surface area contributed by atoms with Gasteiger partial charge in [0.2, 0.25) is 0 Å². The Hall–Kier alpha value is -2.72. The lowest BCUT2D eigenvalue weighted by Crippen LogP contribution is -2.68. The molecule has 1 aromatic carbocycles. The summed E-state index contributed by atoms with van der Waals surface area (Å²) >= 11 is 6.64. The highest BCUT2D eigenvalue weighted by molar-refractivity contribution is 6.33. The summed E-state index contributed by atoms with van der Waals surface area (Å²) < 4.78 is 5.82. The van der Waals surface area contributed by atoms with Gasteiger partial charge in [0.15, 0.2) is 11.6 Å². The Kier molecular flexibility index (Phi) is 7.88. The van der Waals surface area contributed by atoms with Gasteiger partial charge in [0.1, 0.15) is 24.3 Å². The standard InChI is InChI=1S/C29H39ClN6O3/c1-17-26(25(18(2)31)19(3)37)33-27(23-10-22(6-7-24(23)30)39-14-21(38)13-32-4)34-28(17)36-15-29(16-36)11-20(12-29)35-8-5-9-35/h6-7,10,20-21,32,38H,5,8-9,11-16,31H2,1-4H3/t21-/m1/s1. The summed E-state index contributed by atoms with van der Waals surface area (Å²) in [5.74, 6) is 1.61. The van der Waals surface area contributed by atoms with Crippen LogP contribution in [0.3, 0.4) is 0 Å². The zero-order valence-corrected chi connectivity index (χ0v) is 24.0. The number of aliphatic hydroxyl groups excluding tert-OH is 1. The highest BCUT2D eigenvalue weighted by Crippen LogP contribution is 2.52. The molecule has 1 atom stereocenters. The lowest BCUT2D eigenvalue weighted by molar-refractivity contribution is -0.111. The predicted octanol–water partition coefficient (Wildman–Crippen LogP) is 3.02. The fourth-order valence-corrected chi connectivity index (χ4v) is 6.34. The number of likely N-dealkylation sites (tertiary alicyclic amines) is 1. The Morgan fingerprint density at radius 3 is 2.59 bits per heavy atom. The molecule has 2 saturated heterocycles. The normalized spacial score (nSPS) is 20.1. The number of aliphatic hydroxyl groups is 1. The molecule has 39 heavy (non-hydrogen) atoms. The zero-order chi connectivity index (χ0) is 27.9. The average molecular weight is 555 g/mol. The number of carbonyl (C=O) groups excluding carboxylic acids is 1. The molecular formula is C29H39ClN6O3. The average Bonchev–Trinajstić information content (AvgIpc) is 2.79. The molecule has 2 aliphatic heterocycles. The van der Waals surface area contributed by atoms with Crippen molar-refractivity contribution in [2.24, 2.45) is 11.1 Å². The molecule has 0 amide bonds. The number of halogens is 1. The van der Waals surface area contributed by atoms with Gasteiger partial charge in [-0.25, -0.2) is 9.97 Å². The molecule has 3 aliphatic rings. The summed E-state index contributed by atoms with van der Waals surface area (Å²) in [6, 6.07) is 5.99. The second kappa shape index (κ2) is 11.0. The van der Waals surface area contributed by atoms with Gasteiger partial charge in [-0.15, -0.1) is 0 Å². The Balaban J connectivity index is 1.47. The van der Waals surface area contributed by atoms with E-state index in [-0.39, 0.29) is 12.4 Å². The number of carbonyl (C=O) groups is 1. The van der Waals surface area contributed by atoms with E-state index in [2.05, 4.69) is 15.1 Å². The van der Waals surface area contributed by atoms with E-state index in [0.717, 1.165) is 30.5 Å². The monoisotopic (exact) mass is 554 g/mol. The number of aromatic nitrogens is 2. The van der Waals surface area contributed by atoms with Crippen molar-refractivity contribution in [2.75, 3.05) is 51.3 Å². The van der Waals surface area contributed by atoms with Gasteiger partial charge in [-0.05, 0) is 78.4 Å². The number of benzene rings is 1. The second-order valence-electron chi connectivity index (χ2n) is 11.4. The van der Waals surface area contributed by atoms with Crippen molar-refractivity contribution in [3.8, 4) is 17.1 Å². The molecule has 3 heterocycles. The SMILES string of the molecule is CNC[C@@H](O)COc1ccc(Cl)c(-c2nc(C(C(C)=O)=C(C)N)c(C)c(N3CC4(CC(N5CCC5)C4)C3)n2)c1. The summed E-state index contributed by atoms with van der Waals surface area (Å²) in [6.45, 7) is 10.1. The minimum atomic E-state index is -0.648. The third-order valence-corrected chi connectivity index (χ3v) is 8.59. The highest BCUT2D eigenvalue weighted by atomic mass is 35.5. The summed E-state index contributed by atoms with van der Waals surface area (Å²) in [5, 5.41) is 13.4. The summed E-state index contributed by atoms with van der Waals surface area (Å²) in [7, 11) is 1.77. The first-order valence-electron chi connectivity index (χ1n) is 13.7. The quantitative estimate of drug-likeness (QED) is 0.381. The molecule has 9 nitrogen and oxygen atoms in total. The number of nitrogens with one attached hydrogen (secondary N) is 1. The van der Waals surface area contributed by atoms with E-state index in [9.17, 15) is 9.90 Å². The van der Waals surface area contributed by atoms with Crippen LogP contribution in [0.5, 0.6) is 5.75 Å². The molecule has 5 rings (SSSR count). The maximum Gasteiger partial charge on any atom is 0.163 e. The molecule has 1 aromatic heterocycles. The minimum absolute atomic E-state index is 0.130. The summed E-state index contributed by atoms with van der Waals surface area (Å²) in [5.41, 5.74) is 9.30. The Morgan fingerprint density at radius 2 is 2.00 bits per heavy atom. The molecule has 1 spiro atoms. The van der Waals surface area contributed by atoms with Crippen molar-refractivity contribution in [3.63, 3.8) is 0 Å². The van der Waals surface area contributed by atoms with Gasteiger partial charge in [0.25, 0.3) is 0 Å². The topological polar surface area (TPSA) is 117 Å². The number of ketones is 1. The molecular weight excluding hydrogens is 516 g/mol. The van der Waals surface area contributed by atoms with Gasteiger partial charge in [0.05, 0.1) is 16.3 Å². The second-order valence-corrected chi connectivity index (χ2v) is 11.8. The van der Waals surface area contributed by atoms with Crippen molar-refractivity contribution in [1.82, 2.24) is 20.2 Å².